The lowest BCUT2D eigenvalue weighted by atomic mass is 9.93. The van der Waals surface area contributed by atoms with Crippen LogP contribution in [0.1, 0.15) is 53.1 Å². The predicted octanol–water partition coefficient (Wildman–Crippen LogP) is 3.85. The van der Waals surface area contributed by atoms with Gasteiger partial charge >= 0.3 is 0 Å². The number of carbonyl (C=O) groups is 1. The van der Waals surface area contributed by atoms with Gasteiger partial charge in [-0.25, -0.2) is 0 Å². The summed E-state index contributed by atoms with van der Waals surface area (Å²) in [7, 11) is 0. The van der Waals surface area contributed by atoms with Gasteiger partial charge in [0.1, 0.15) is 0 Å². The smallest absolute Gasteiger partial charge is 0.274 e. The number of aryl methyl sites for hydroxylation is 1. The Balaban J connectivity index is 1.56. The van der Waals surface area contributed by atoms with Crippen LogP contribution in [0, 0.1) is 6.92 Å². The van der Waals surface area contributed by atoms with Gasteiger partial charge in [-0.3, -0.25) is 14.9 Å². The highest BCUT2D eigenvalue weighted by molar-refractivity contribution is 5.94. The molecule has 2 aromatic heterocycles. The van der Waals surface area contributed by atoms with Crippen molar-refractivity contribution >= 4 is 16.7 Å². The highest BCUT2D eigenvalue weighted by atomic mass is 16.2. The molecule has 0 radical (unpaired) electrons. The number of hydrogen-bond acceptors (Lipinski definition) is 3. The van der Waals surface area contributed by atoms with Crippen LogP contribution in [0.5, 0.6) is 0 Å². The van der Waals surface area contributed by atoms with Crippen molar-refractivity contribution in [1.29, 1.82) is 0 Å². The second kappa shape index (κ2) is 6.90. The lowest BCUT2D eigenvalue weighted by molar-refractivity contribution is 0.0699. The monoisotopic (exact) mass is 348 g/mol. The minimum atomic E-state index is 0.0314. The average Bonchev–Trinajstić information content (AvgIpc) is 3.07. The maximum Gasteiger partial charge on any atom is 0.274 e. The van der Waals surface area contributed by atoms with Crippen molar-refractivity contribution in [1.82, 2.24) is 20.1 Å². The third-order valence-corrected chi connectivity index (χ3v) is 5.45. The Bertz CT molecular complexity index is 946. The molecule has 3 aromatic rings. The first-order valence-corrected chi connectivity index (χ1v) is 9.35. The van der Waals surface area contributed by atoms with E-state index in [0.29, 0.717) is 12.2 Å². The number of amides is 1. The lowest BCUT2D eigenvalue weighted by Crippen LogP contribution is -2.39. The van der Waals surface area contributed by atoms with Crippen LogP contribution in [-0.2, 0) is 6.42 Å². The molecule has 0 unspecified atom stereocenters. The molecule has 0 spiro atoms. The molecule has 0 bridgehead atoms. The normalized spacial score (nSPS) is 17.6. The van der Waals surface area contributed by atoms with Crippen molar-refractivity contribution in [3.8, 4) is 0 Å². The zero-order valence-electron chi connectivity index (χ0n) is 15.3. The van der Waals surface area contributed by atoms with Gasteiger partial charge in [0.15, 0.2) is 5.69 Å². The van der Waals surface area contributed by atoms with Crippen molar-refractivity contribution < 1.29 is 4.79 Å². The van der Waals surface area contributed by atoms with Crippen LogP contribution in [0.4, 0.5) is 0 Å². The third-order valence-electron chi connectivity index (χ3n) is 5.45. The Morgan fingerprint density at radius 1 is 1.31 bits per heavy atom. The fourth-order valence-corrected chi connectivity index (χ4v) is 3.86. The van der Waals surface area contributed by atoms with Crippen LogP contribution >= 0.6 is 0 Å². The van der Waals surface area contributed by atoms with Crippen molar-refractivity contribution in [2.24, 2.45) is 0 Å². The summed E-state index contributed by atoms with van der Waals surface area (Å²) in [6, 6.07) is 10.4. The SMILES string of the molecule is CCc1[nH]nc(C(=O)N2CCC[C@@H](c3cc4ccccc4cn3)C2)c1C. The second-order valence-corrected chi connectivity index (χ2v) is 7.08. The van der Waals surface area contributed by atoms with Crippen molar-refractivity contribution in [3.05, 3.63) is 59.2 Å². The maximum absolute atomic E-state index is 13.0. The molecule has 0 aliphatic carbocycles. The summed E-state index contributed by atoms with van der Waals surface area (Å²) >= 11 is 0. The molecule has 1 amide bonds. The zero-order chi connectivity index (χ0) is 18.1. The van der Waals surface area contributed by atoms with E-state index in [1.807, 2.05) is 24.1 Å². The second-order valence-electron chi connectivity index (χ2n) is 7.08. The van der Waals surface area contributed by atoms with Crippen LogP contribution in [0.3, 0.4) is 0 Å². The number of likely N-dealkylation sites (tertiary alicyclic amines) is 1. The van der Waals surface area contributed by atoms with Crippen LogP contribution < -0.4 is 0 Å². The van der Waals surface area contributed by atoms with Gasteiger partial charge in [-0.05, 0) is 37.6 Å². The molecule has 5 nitrogen and oxygen atoms in total. The molecule has 0 saturated carbocycles. The van der Waals surface area contributed by atoms with Gasteiger partial charge in [0.25, 0.3) is 5.91 Å². The molecule has 1 atom stereocenters. The van der Waals surface area contributed by atoms with Gasteiger partial charge in [-0.15, -0.1) is 0 Å². The first-order valence-electron chi connectivity index (χ1n) is 9.35. The number of piperidine rings is 1. The first kappa shape index (κ1) is 16.8. The summed E-state index contributed by atoms with van der Waals surface area (Å²) in [5, 5.41) is 9.62. The Labute approximate surface area is 153 Å². The van der Waals surface area contributed by atoms with E-state index in [4.69, 9.17) is 0 Å². The molecule has 134 valence electrons. The molecule has 1 saturated heterocycles. The molecule has 1 N–H and O–H groups in total. The molecule has 1 aliphatic heterocycles. The summed E-state index contributed by atoms with van der Waals surface area (Å²) in [6.45, 7) is 5.54. The Morgan fingerprint density at radius 3 is 2.88 bits per heavy atom. The average molecular weight is 348 g/mol. The highest BCUT2D eigenvalue weighted by Gasteiger charge is 2.28. The summed E-state index contributed by atoms with van der Waals surface area (Å²) < 4.78 is 0. The Kier molecular flexibility index (Phi) is 4.45. The van der Waals surface area contributed by atoms with E-state index in [2.05, 4.69) is 46.4 Å². The van der Waals surface area contributed by atoms with Crippen molar-refractivity contribution in [2.45, 2.75) is 39.0 Å². The quantitative estimate of drug-likeness (QED) is 0.782. The first-order chi connectivity index (χ1) is 12.7. The maximum atomic E-state index is 13.0. The lowest BCUT2D eigenvalue weighted by Gasteiger charge is -2.32. The van der Waals surface area contributed by atoms with E-state index >= 15 is 0 Å². The molecule has 1 fully saturated rings. The van der Waals surface area contributed by atoms with E-state index in [-0.39, 0.29) is 11.8 Å². The van der Waals surface area contributed by atoms with Gasteiger partial charge in [0.05, 0.1) is 0 Å². The van der Waals surface area contributed by atoms with Gasteiger partial charge in [-0.1, -0.05) is 31.2 Å². The number of aromatic nitrogens is 3. The molecule has 5 heteroatoms. The zero-order valence-corrected chi connectivity index (χ0v) is 15.3. The molecular formula is C21H24N4O. The molecular weight excluding hydrogens is 324 g/mol. The standard InChI is InChI=1S/C21H24N4O/c1-3-18-14(2)20(24-23-18)21(26)25-10-6-9-17(13-25)19-11-15-7-4-5-8-16(15)12-22-19/h4-5,7-8,11-12,17H,3,6,9-10,13H2,1-2H3,(H,23,24)/t17-/m1/s1. The minimum Gasteiger partial charge on any atom is -0.337 e. The minimum absolute atomic E-state index is 0.0314. The summed E-state index contributed by atoms with van der Waals surface area (Å²) in [4.78, 5) is 19.6. The number of aromatic amines is 1. The molecule has 26 heavy (non-hydrogen) atoms. The number of carbonyl (C=O) groups excluding carboxylic acids is 1. The van der Waals surface area contributed by atoms with Crippen LogP contribution in [0.2, 0.25) is 0 Å². The van der Waals surface area contributed by atoms with E-state index in [0.717, 1.165) is 48.1 Å². The fourth-order valence-electron chi connectivity index (χ4n) is 3.86. The van der Waals surface area contributed by atoms with Gasteiger partial charge in [0, 0.05) is 47.5 Å². The number of nitrogens with zero attached hydrogens (tertiary/aromatic N) is 3. The van der Waals surface area contributed by atoms with Crippen molar-refractivity contribution in [3.63, 3.8) is 0 Å². The largest absolute Gasteiger partial charge is 0.337 e. The third kappa shape index (κ3) is 2.98. The fraction of sp³-hybridized carbons (Fsp3) is 0.381. The number of benzene rings is 1. The predicted molar refractivity (Wildman–Crippen MR) is 102 cm³/mol. The number of fused-ring (bicyclic) bond motifs is 1. The Hall–Kier alpha value is -2.69. The highest BCUT2D eigenvalue weighted by Crippen LogP contribution is 2.28. The number of hydrogen-bond donors (Lipinski definition) is 1. The van der Waals surface area contributed by atoms with Gasteiger partial charge < -0.3 is 4.90 Å². The van der Waals surface area contributed by atoms with Crippen molar-refractivity contribution in [2.75, 3.05) is 13.1 Å². The number of nitrogens with one attached hydrogen (secondary N) is 1. The van der Waals surface area contributed by atoms with E-state index < -0.39 is 0 Å². The van der Waals surface area contributed by atoms with Gasteiger partial charge in [-0.2, -0.15) is 5.10 Å². The molecule has 1 aromatic carbocycles. The van der Waals surface area contributed by atoms with Crippen LogP contribution in [0.15, 0.2) is 36.5 Å². The van der Waals surface area contributed by atoms with Crippen LogP contribution in [-0.4, -0.2) is 39.1 Å². The number of pyridine rings is 1. The van der Waals surface area contributed by atoms with E-state index in [1.165, 1.54) is 5.39 Å². The van der Waals surface area contributed by atoms with Crippen LogP contribution in [0.25, 0.3) is 10.8 Å². The van der Waals surface area contributed by atoms with E-state index in [9.17, 15) is 4.79 Å². The van der Waals surface area contributed by atoms with Gasteiger partial charge in [0.2, 0.25) is 0 Å². The number of rotatable bonds is 3. The Morgan fingerprint density at radius 2 is 2.12 bits per heavy atom. The molecule has 4 rings (SSSR count). The summed E-state index contributed by atoms with van der Waals surface area (Å²) in [6.07, 6.45) is 4.86. The van der Waals surface area contributed by atoms with E-state index in [1.54, 1.807) is 0 Å². The topological polar surface area (TPSA) is 61.9 Å². The molecule has 3 heterocycles. The number of H-pyrrole nitrogens is 1. The molecule has 1 aliphatic rings. The summed E-state index contributed by atoms with van der Waals surface area (Å²) in [5.74, 6) is 0.311. The summed E-state index contributed by atoms with van der Waals surface area (Å²) in [5.41, 5.74) is 3.66.